The number of hydrogen-bond donors (Lipinski definition) is 0. The first kappa shape index (κ1) is 18.5. The van der Waals surface area contributed by atoms with Crippen molar-refractivity contribution < 1.29 is 16.8 Å². The maximum absolute atomic E-state index is 12.7. The Morgan fingerprint density at radius 3 is 2.16 bits per heavy atom. The van der Waals surface area contributed by atoms with Crippen LogP contribution in [0.4, 0.5) is 0 Å². The van der Waals surface area contributed by atoms with Gasteiger partial charge in [-0.1, -0.05) is 0 Å². The van der Waals surface area contributed by atoms with Crippen LogP contribution in [0.2, 0.25) is 0 Å². The molecule has 0 saturated carbocycles. The maximum atomic E-state index is 12.7. The van der Waals surface area contributed by atoms with Crippen molar-refractivity contribution in [2.45, 2.75) is 22.6 Å². The summed E-state index contributed by atoms with van der Waals surface area (Å²) in [5, 5.41) is -0.0137. The van der Waals surface area contributed by atoms with E-state index in [1.807, 2.05) is 6.92 Å². The fourth-order valence-electron chi connectivity index (χ4n) is 2.68. The molecule has 0 atom stereocenters. The third-order valence-corrected chi connectivity index (χ3v) is 9.16. The molecule has 0 amide bonds. The normalized spacial score (nSPS) is 18.3. The molecule has 1 aliphatic rings. The molecule has 8 nitrogen and oxygen atoms in total. The number of nitrogens with zero attached hydrogens (tertiary/aromatic N) is 4. The highest BCUT2D eigenvalue weighted by Crippen LogP contribution is 2.26. The lowest BCUT2D eigenvalue weighted by atomic mass is 10.4. The Labute approximate surface area is 151 Å². The summed E-state index contributed by atoms with van der Waals surface area (Å²) in [6.07, 6.45) is 3.32. The summed E-state index contributed by atoms with van der Waals surface area (Å²) in [4.78, 5) is 4.84. The van der Waals surface area contributed by atoms with Crippen LogP contribution >= 0.6 is 11.3 Å². The first-order valence-electron chi connectivity index (χ1n) is 7.76. The van der Waals surface area contributed by atoms with Crippen molar-refractivity contribution in [1.82, 2.24) is 18.2 Å². The van der Waals surface area contributed by atoms with Gasteiger partial charge in [0, 0.05) is 44.3 Å². The minimum Gasteiger partial charge on any atom is -0.339 e. The van der Waals surface area contributed by atoms with Crippen molar-refractivity contribution in [1.29, 1.82) is 0 Å². The molecule has 0 bridgehead atoms. The average molecular weight is 405 g/mol. The van der Waals surface area contributed by atoms with Crippen molar-refractivity contribution in [3.8, 4) is 0 Å². The van der Waals surface area contributed by atoms with E-state index in [2.05, 4.69) is 4.98 Å². The standard InChI is InChI=1S/C14H20N4O4S3/c1-12-4-5-14(23-12)25(21,22)18-7-3-6-17(8-9-18)24(19,20)13-10-16(2)11-15-13/h4-5,10-11H,3,6-9H2,1-2H3. The van der Waals surface area contributed by atoms with Crippen LogP contribution in [0.5, 0.6) is 0 Å². The van der Waals surface area contributed by atoms with Crippen molar-refractivity contribution >= 4 is 31.4 Å². The minimum atomic E-state index is -3.71. The number of sulfonamides is 2. The third-order valence-electron chi connectivity index (χ3n) is 4.01. The summed E-state index contributed by atoms with van der Waals surface area (Å²) in [6, 6.07) is 3.37. The van der Waals surface area contributed by atoms with E-state index < -0.39 is 20.0 Å². The summed E-state index contributed by atoms with van der Waals surface area (Å²) in [7, 11) is -5.59. The van der Waals surface area contributed by atoms with Crippen LogP contribution in [0.3, 0.4) is 0 Å². The smallest absolute Gasteiger partial charge is 0.262 e. The molecule has 138 valence electrons. The number of hydrogen-bond acceptors (Lipinski definition) is 6. The second-order valence-electron chi connectivity index (χ2n) is 5.90. The van der Waals surface area contributed by atoms with Crippen LogP contribution in [0.15, 0.2) is 33.9 Å². The lowest BCUT2D eigenvalue weighted by Gasteiger charge is -2.20. The molecule has 1 fully saturated rings. The van der Waals surface area contributed by atoms with Crippen LogP contribution in [0.25, 0.3) is 0 Å². The molecule has 0 aromatic carbocycles. The summed E-state index contributed by atoms with van der Waals surface area (Å²) in [6.45, 7) is 2.67. The second-order valence-corrected chi connectivity index (χ2v) is 11.2. The van der Waals surface area contributed by atoms with Gasteiger partial charge in [-0.05, 0) is 25.5 Å². The van der Waals surface area contributed by atoms with Gasteiger partial charge in [0.2, 0.25) is 0 Å². The Morgan fingerprint density at radius 2 is 1.64 bits per heavy atom. The molecule has 1 saturated heterocycles. The van der Waals surface area contributed by atoms with E-state index in [1.165, 1.54) is 32.5 Å². The van der Waals surface area contributed by atoms with Crippen molar-refractivity contribution in [3.63, 3.8) is 0 Å². The second kappa shape index (κ2) is 6.80. The monoisotopic (exact) mass is 404 g/mol. The number of imidazole rings is 1. The molecule has 0 N–H and O–H groups in total. The minimum absolute atomic E-state index is 0.0137. The molecule has 1 aliphatic heterocycles. The van der Waals surface area contributed by atoms with Gasteiger partial charge in [0.05, 0.1) is 6.33 Å². The average Bonchev–Trinajstić information content (AvgIpc) is 3.08. The third kappa shape index (κ3) is 3.65. The Hall–Kier alpha value is -1.27. The highest BCUT2D eigenvalue weighted by atomic mass is 32.2. The molecule has 2 aromatic rings. The molecule has 2 aromatic heterocycles. The molecule has 0 radical (unpaired) electrons. The molecule has 0 unspecified atom stereocenters. The highest BCUT2D eigenvalue weighted by Gasteiger charge is 2.33. The number of aryl methyl sites for hydroxylation is 2. The van der Waals surface area contributed by atoms with Gasteiger partial charge in [-0.3, -0.25) is 0 Å². The van der Waals surface area contributed by atoms with Crippen LogP contribution in [-0.4, -0.2) is 61.2 Å². The van der Waals surface area contributed by atoms with Gasteiger partial charge in [0.15, 0.2) is 5.03 Å². The first-order valence-corrected chi connectivity index (χ1v) is 11.5. The quantitative estimate of drug-likeness (QED) is 0.754. The van der Waals surface area contributed by atoms with Crippen molar-refractivity contribution in [2.24, 2.45) is 7.05 Å². The summed E-state index contributed by atoms with van der Waals surface area (Å²) in [5.41, 5.74) is 0. The summed E-state index contributed by atoms with van der Waals surface area (Å²) < 4.78 is 55.4. The van der Waals surface area contributed by atoms with Crippen molar-refractivity contribution in [3.05, 3.63) is 29.5 Å². The summed E-state index contributed by atoms with van der Waals surface area (Å²) >= 11 is 1.23. The fraction of sp³-hybridized carbons (Fsp3) is 0.500. The van der Waals surface area contributed by atoms with Gasteiger partial charge in [-0.25, -0.2) is 21.8 Å². The SMILES string of the molecule is Cc1ccc(S(=O)(=O)N2CCCN(S(=O)(=O)c3cn(C)cn3)CC2)s1. The Balaban J connectivity index is 1.79. The fourth-order valence-corrected chi connectivity index (χ4v) is 7.03. The Morgan fingerprint density at radius 1 is 1.00 bits per heavy atom. The van der Waals surface area contributed by atoms with Gasteiger partial charge < -0.3 is 4.57 Å². The molecule has 11 heteroatoms. The zero-order valence-corrected chi connectivity index (χ0v) is 16.4. The van der Waals surface area contributed by atoms with Crippen LogP contribution in [-0.2, 0) is 27.1 Å². The number of thiophene rings is 1. The maximum Gasteiger partial charge on any atom is 0.262 e. The van der Waals surface area contributed by atoms with E-state index in [-0.39, 0.29) is 24.7 Å². The van der Waals surface area contributed by atoms with Crippen LogP contribution < -0.4 is 0 Å². The Bertz CT molecular complexity index is 884. The molecular weight excluding hydrogens is 384 g/mol. The molecular formula is C14H20N4O4S3. The van der Waals surface area contributed by atoms with Crippen LogP contribution in [0, 0.1) is 6.92 Å². The van der Waals surface area contributed by atoms with E-state index in [1.54, 1.807) is 23.7 Å². The van der Waals surface area contributed by atoms with E-state index in [0.29, 0.717) is 17.2 Å². The summed E-state index contributed by atoms with van der Waals surface area (Å²) in [5.74, 6) is 0. The molecule has 3 rings (SSSR count). The highest BCUT2D eigenvalue weighted by molar-refractivity contribution is 7.91. The lowest BCUT2D eigenvalue weighted by Crippen LogP contribution is -2.37. The molecule has 0 spiro atoms. The van der Waals surface area contributed by atoms with E-state index >= 15 is 0 Å². The topological polar surface area (TPSA) is 92.6 Å². The van der Waals surface area contributed by atoms with E-state index in [0.717, 1.165) is 4.88 Å². The van der Waals surface area contributed by atoms with E-state index in [4.69, 9.17) is 0 Å². The number of aromatic nitrogens is 2. The predicted octanol–water partition coefficient (Wildman–Crippen LogP) is 0.875. The zero-order valence-electron chi connectivity index (χ0n) is 14.0. The van der Waals surface area contributed by atoms with Gasteiger partial charge in [0.25, 0.3) is 20.0 Å². The van der Waals surface area contributed by atoms with E-state index in [9.17, 15) is 16.8 Å². The largest absolute Gasteiger partial charge is 0.339 e. The predicted molar refractivity (Wildman–Crippen MR) is 94.4 cm³/mol. The van der Waals surface area contributed by atoms with Gasteiger partial charge in [-0.15, -0.1) is 11.3 Å². The number of rotatable bonds is 4. The lowest BCUT2D eigenvalue weighted by molar-refractivity contribution is 0.404. The molecule has 25 heavy (non-hydrogen) atoms. The zero-order chi connectivity index (χ0) is 18.2. The Kier molecular flexibility index (Phi) is 5.04. The van der Waals surface area contributed by atoms with Gasteiger partial charge in [0.1, 0.15) is 4.21 Å². The van der Waals surface area contributed by atoms with Gasteiger partial charge >= 0.3 is 0 Å². The van der Waals surface area contributed by atoms with Gasteiger partial charge in [-0.2, -0.15) is 8.61 Å². The molecule has 0 aliphatic carbocycles. The van der Waals surface area contributed by atoms with Crippen molar-refractivity contribution in [2.75, 3.05) is 26.2 Å². The first-order chi connectivity index (χ1) is 11.7. The van der Waals surface area contributed by atoms with Crippen LogP contribution in [0.1, 0.15) is 11.3 Å². The molecule has 3 heterocycles.